The molecule has 0 aromatic heterocycles. The van der Waals surface area contributed by atoms with Gasteiger partial charge in [-0.05, 0) is 24.0 Å². The van der Waals surface area contributed by atoms with Crippen molar-refractivity contribution in [3.8, 4) is 0 Å². The molecule has 1 unspecified atom stereocenters. The summed E-state index contributed by atoms with van der Waals surface area (Å²) >= 11 is 1.39. The molecule has 172 valence electrons. The van der Waals surface area contributed by atoms with Crippen LogP contribution in [0.3, 0.4) is 0 Å². The van der Waals surface area contributed by atoms with Crippen molar-refractivity contribution in [1.29, 1.82) is 0 Å². The number of alkyl carbamates (subject to hydrolysis) is 1. The van der Waals surface area contributed by atoms with E-state index in [0.717, 1.165) is 11.1 Å². The molecular formula is C25H32N2O4S. The first-order valence-corrected chi connectivity index (χ1v) is 12.0. The Morgan fingerprint density at radius 1 is 1.03 bits per heavy atom. The van der Waals surface area contributed by atoms with Crippen LogP contribution in [0.2, 0.25) is 0 Å². The molecule has 2 amide bonds. The number of nitrogens with zero attached hydrogens (tertiary/aromatic N) is 1. The number of aliphatic hydroxyl groups is 1. The average molecular weight is 457 g/mol. The van der Waals surface area contributed by atoms with Crippen LogP contribution in [0.5, 0.6) is 0 Å². The van der Waals surface area contributed by atoms with Gasteiger partial charge in [0.1, 0.15) is 6.61 Å². The zero-order chi connectivity index (χ0) is 23.0. The fraction of sp³-hybridized carbons (Fsp3) is 0.440. The number of ether oxygens (including phenoxy) is 1. The van der Waals surface area contributed by atoms with Crippen molar-refractivity contribution in [1.82, 2.24) is 10.2 Å². The van der Waals surface area contributed by atoms with Crippen molar-refractivity contribution in [3.63, 3.8) is 0 Å². The summed E-state index contributed by atoms with van der Waals surface area (Å²) in [6.07, 6.45) is 0.971. The maximum atomic E-state index is 13.2. The summed E-state index contributed by atoms with van der Waals surface area (Å²) in [5, 5.41) is 13.2. The molecule has 1 atom stereocenters. The second kappa shape index (κ2) is 11.4. The molecule has 0 spiro atoms. The molecule has 0 bridgehead atoms. The lowest BCUT2D eigenvalue weighted by atomic mass is 9.85. The van der Waals surface area contributed by atoms with Crippen molar-refractivity contribution < 1.29 is 19.4 Å². The first-order chi connectivity index (χ1) is 15.3. The molecule has 2 N–H and O–H groups in total. The van der Waals surface area contributed by atoms with E-state index in [-0.39, 0.29) is 17.8 Å². The van der Waals surface area contributed by atoms with Gasteiger partial charge < -0.3 is 20.1 Å². The van der Waals surface area contributed by atoms with Crippen molar-refractivity contribution >= 4 is 23.8 Å². The number of piperidine rings is 1. The maximum Gasteiger partial charge on any atom is 0.408 e. The van der Waals surface area contributed by atoms with E-state index in [9.17, 15) is 14.7 Å². The van der Waals surface area contributed by atoms with Crippen LogP contribution in [0.15, 0.2) is 60.7 Å². The lowest BCUT2D eigenvalue weighted by molar-refractivity contribution is -0.135. The monoisotopic (exact) mass is 456 g/mol. The van der Waals surface area contributed by atoms with Crippen molar-refractivity contribution in [3.05, 3.63) is 71.8 Å². The van der Waals surface area contributed by atoms with E-state index in [1.54, 1.807) is 4.90 Å². The molecule has 1 aliphatic rings. The van der Waals surface area contributed by atoms with Gasteiger partial charge in [-0.25, -0.2) is 4.79 Å². The number of hydrogen-bond acceptors (Lipinski definition) is 5. The van der Waals surface area contributed by atoms with Gasteiger partial charge in [-0.3, -0.25) is 4.79 Å². The predicted octanol–water partition coefficient (Wildman–Crippen LogP) is 3.98. The minimum Gasteiger partial charge on any atom is -0.445 e. The number of carbonyl (C=O) groups excluding carboxylic acids is 2. The number of likely N-dealkylation sites (tertiary alicyclic amines) is 1. The van der Waals surface area contributed by atoms with Crippen LogP contribution in [0.4, 0.5) is 4.79 Å². The number of hydrogen-bond donors (Lipinski definition) is 2. The predicted molar refractivity (Wildman–Crippen MR) is 127 cm³/mol. The van der Waals surface area contributed by atoms with Gasteiger partial charge in [-0.15, -0.1) is 11.8 Å². The Bertz CT molecular complexity index is 868. The van der Waals surface area contributed by atoms with E-state index in [1.165, 1.54) is 11.8 Å². The average Bonchev–Trinajstić information content (AvgIpc) is 2.78. The molecule has 3 rings (SSSR count). The van der Waals surface area contributed by atoms with Gasteiger partial charge >= 0.3 is 6.09 Å². The fourth-order valence-electron chi connectivity index (χ4n) is 3.76. The zero-order valence-corrected chi connectivity index (χ0v) is 19.5. The standard InChI is InChI=1S/C25H32N2O4S/c1-19(2)32-22(26-24(29)31-18-21-11-7-4-8-12-21)23(28)27-15-13-25(30,14-16-27)17-20-9-5-3-6-10-20/h3-12,19,22,30H,13-18H2,1-2H3,(H,26,29). The summed E-state index contributed by atoms with van der Waals surface area (Å²) in [6, 6.07) is 19.3. The Kier molecular flexibility index (Phi) is 8.59. The number of carbonyl (C=O) groups is 2. The maximum absolute atomic E-state index is 13.2. The van der Waals surface area contributed by atoms with Gasteiger partial charge in [0.05, 0.1) is 5.60 Å². The van der Waals surface area contributed by atoms with Crippen LogP contribution < -0.4 is 5.32 Å². The topological polar surface area (TPSA) is 78.9 Å². The molecule has 6 nitrogen and oxygen atoms in total. The third kappa shape index (κ3) is 7.28. The molecule has 0 radical (unpaired) electrons. The van der Waals surface area contributed by atoms with Crippen molar-refractivity contribution in [2.75, 3.05) is 13.1 Å². The van der Waals surface area contributed by atoms with E-state index in [0.29, 0.717) is 32.4 Å². The van der Waals surface area contributed by atoms with Gasteiger partial charge in [0, 0.05) is 24.8 Å². The molecule has 1 saturated heterocycles. The normalized spacial score (nSPS) is 16.4. The highest BCUT2D eigenvalue weighted by molar-refractivity contribution is 8.01. The first kappa shape index (κ1) is 24.1. The Hall–Kier alpha value is -2.51. The largest absolute Gasteiger partial charge is 0.445 e. The molecule has 2 aromatic rings. The Morgan fingerprint density at radius 2 is 1.59 bits per heavy atom. The number of rotatable bonds is 8. The molecule has 7 heteroatoms. The third-order valence-electron chi connectivity index (χ3n) is 5.48. The van der Waals surface area contributed by atoms with E-state index in [1.807, 2.05) is 74.5 Å². The molecule has 0 saturated carbocycles. The van der Waals surface area contributed by atoms with Crippen LogP contribution in [0.1, 0.15) is 37.8 Å². The quantitative estimate of drug-likeness (QED) is 0.588. The van der Waals surface area contributed by atoms with Gasteiger partial charge in [-0.2, -0.15) is 0 Å². The second-order valence-corrected chi connectivity index (χ2v) is 10.2. The summed E-state index contributed by atoms with van der Waals surface area (Å²) in [4.78, 5) is 27.2. The molecule has 1 aliphatic heterocycles. The summed E-state index contributed by atoms with van der Waals surface area (Å²) < 4.78 is 5.30. The zero-order valence-electron chi connectivity index (χ0n) is 18.7. The Labute approximate surface area is 194 Å². The first-order valence-electron chi connectivity index (χ1n) is 11.0. The van der Waals surface area contributed by atoms with E-state index in [2.05, 4.69) is 5.32 Å². The van der Waals surface area contributed by atoms with E-state index >= 15 is 0 Å². The van der Waals surface area contributed by atoms with Crippen molar-refractivity contribution in [2.45, 2.75) is 55.9 Å². The lowest BCUT2D eigenvalue weighted by Gasteiger charge is -2.39. The summed E-state index contributed by atoms with van der Waals surface area (Å²) in [6.45, 7) is 5.03. The smallest absolute Gasteiger partial charge is 0.408 e. The SMILES string of the molecule is CC(C)SC(NC(=O)OCc1ccccc1)C(=O)N1CCC(O)(Cc2ccccc2)CC1. The van der Waals surface area contributed by atoms with Crippen LogP contribution in [-0.2, 0) is 22.6 Å². The summed E-state index contributed by atoms with van der Waals surface area (Å²) in [7, 11) is 0. The third-order valence-corrected chi connectivity index (χ3v) is 6.61. The van der Waals surface area contributed by atoms with Gasteiger partial charge in [0.15, 0.2) is 5.37 Å². The van der Waals surface area contributed by atoms with Crippen LogP contribution in [0.25, 0.3) is 0 Å². The van der Waals surface area contributed by atoms with Gasteiger partial charge in [-0.1, -0.05) is 74.5 Å². The van der Waals surface area contributed by atoms with Gasteiger partial charge in [0.25, 0.3) is 5.91 Å². The highest BCUT2D eigenvalue weighted by Gasteiger charge is 2.36. The minimum absolute atomic E-state index is 0.149. The number of nitrogens with one attached hydrogen (secondary N) is 1. The second-order valence-electron chi connectivity index (χ2n) is 8.48. The Balaban J connectivity index is 1.54. The molecular weight excluding hydrogens is 424 g/mol. The minimum atomic E-state index is -0.819. The van der Waals surface area contributed by atoms with E-state index < -0.39 is 17.1 Å². The Morgan fingerprint density at radius 3 is 2.16 bits per heavy atom. The van der Waals surface area contributed by atoms with Crippen LogP contribution >= 0.6 is 11.8 Å². The summed E-state index contributed by atoms with van der Waals surface area (Å²) in [5.41, 5.74) is 1.16. The van der Waals surface area contributed by atoms with Crippen LogP contribution in [-0.4, -0.2) is 51.3 Å². The number of amides is 2. The summed E-state index contributed by atoms with van der Waals surface area (Å²) in [5.74, 6) is -0.151. The molecule has 0 aliphatic carbocycles. The highest BCUT2D eigenvalue weighted by atomic mass is 32.2. The van der Waals surface area contributed by atoms with Gasteiger partial charge in [0.2, 0.25) is 0 Å². The molecule has 32 heavy (non-hydrogen) atoms. The fourth-order valence-corrected chi connectivity index (χ4v) is 4.73. The van der Waals surface area contributed by atoms with Crippen LogP contribution in [0, 0.1) is 0 Å². The molecule has 1 heterocycles. The number of thioether (sulfide) groups is 1. The lowest BCUT2D eigenvalue weighted by Crippen LogP contribution is -2.53. The molecule has 1 fully saturated rings. The van der Waals surface area contributed by atoms with E-state index in [4.69, 9.17) is 4.74 Å². The highest BCUT2D eigenvalue weighted by Crippen LogP contribution is 2.28. The van der Waals surface area contributed by atoms with Crippen molar-refractivity contribution in [2.24, 2.45) is 0 Å². The number of benzene rings is 2. The molecule has 2 aromatic carbocycles.